The van der Waals surface area contributed by atoms with Crippen molar-refractivity contribution >= 4 is 27.6 Å². The molecule has 23 heavy (non-hydrogen) atoms. The van der Waals surface area contributed by atoms with Crippen LogP contribution < -0.4 is 5.32 Å². The Morgan fingerprint density at radius 1 is 1.22 bits per heavy atom. The van der Waals surface area contributed by atoms with E-state index in [1.165, 1.54) is 11.4 Å². The molecule has 5 heteroatoms. The Kier molecular flexibility index (Phi) is 4.48. The number of aromatic nitrogens is 1. The van der Waals surface area contributed by atoms with E-state index in [9.17, 15) is 4.79 Å². The number of aryl methyl sites for hydroxylation is 1. The lowest BCUT2D eigenvalue weighted by atomic mass is 9.97. The average molecular weight is 376 g/mol. The van der Waals surface area contributed by atoms with E-state index in [-0.39, 0.29) is 12.1 Å². The first-order chi connectivity index (χ1) is 11.0. The van der Waals surface area contributed by atoms with Crippen LogP contribution in [-0.2, 0) is 6.54 Å². The Hall–Kier alpha value is -1.75. The molecule has 1 atom stereocenters. The smallest absolute Gasteiger partial charge is 0.322 e. The minimum atomic E-state index is -0.0410. The molecule has 2 amide bonds. The van der Waals surface area contributed by atoms with Crippen LogP contribution in [0.2, 0.25) is 0 Å². The molecule has 1 N–H and O–H groups in total. The Balaban J connectivity index is 1.87. The summed E-state index contributed by atoms with van der Waals surface area (Å²) < 4.78 is 3.22. The molecule has 1 unspecified atom stereocenters. The number of para-hydroxylation sites is 1. The molecule has 1 aliphatic rings. The van der Waals surface area contributed by atoms with Gasteiger partial charge in [-0.2, -0.15) is 0 Å². The molecule has 0 saturated carbocycles. The largest absolute Gasteiger partial charge is 0.345 e. The molecule has 1 aliphatic heterocycles. The normalized spacial score (nSPS) is 17.3. The second kappa shape index (κ2) is 6.40. The maximum atomic E-state index is 12.8. The lowest BCUT2D eigenvalue weighted by Gasteiger charge is -2.39. The number of fused-ring (bicyclic) bond motifs is 1. The molecule has 122 valence electrons. The van der Waals surface area contributed by atoms with Crippen LogP contribution in [0, 0.1) is 12.8 Å². The molecule has 1 aromatic carbocycles. The summed E-state index contributed by atoms with van der Waals surface area (Å²) in [6, 6.07) is 12.0. The van der Waals surface area contributed by atoms with Gasteiger partial charge in [0, 0.05) is 29.0 Å². The summed E-state index contributed by atoms with van der Waals surface area (Å²) >= 11 is 3.48. The predicted molar refractivity (Wildman–Crippen MR) is 96.6 cm³/mol. The molecule has 0 fully saturated rings. The summed E-state index contributed by atoms with van der Waals surface area (Å²) in [7, 11) is 0. The number of nitrogens with zero attached hydrogens (tertiary/aromatic N) is 2. The fraction of sp³-hybridized carbons (Fsp3) is 0.389. The Labute approximate surface area is 145 Å². The fourth-order valence-corrected chi connectivity index (χ4v) is 3.72. The number of hydrogen-bond donors (Lipinski definition) is 1. The van der Waals surface area contributed by atoms with Crippen LogP contribution in [0.15, 0.2) is 40.9 Å². The van der Waals surface area contributed by atoms with Crippen molar-refractivity contribution < 1.29 is 4.79 Å². The predicted octanol–water partition coefficient (Wildman–Crippen LogP) is 4.80. The summed E-state index contributed by atoms with van der Waals surface area (Å²) in [6.45, 7) is 8.03. The molecule has 0 aliphatic carbocycles. The fourth-order valence-electron chi connectivity index (χ4n) is 3.34. The summed E-state index contributed by atoms with van der Waals surface area (Å²) in [4.78, 5) is 14.8. The average Bonchev–Trinajstić information content (AvgIpc) is 2.90. The van der Waals surface area contributed by atoms with Crippen molar-refractivity contribution in [2.45, 2.75) is 33.4 Å². The molecule has 4 nitrogen and oxygen atoms in total. The molecule has 2 heterocycles. The van der Waals surface area contributed by atoms with Crippen LogP contribution >= 0.6 is 15.9 Å². The van der Waals surface area contributed by atoms with Gasteiger partial charge in [0.1, 0.15) is 0 Å². The lowest BCUT2D eigenvalue weighted by Crippen LogP contribution is -2.46. The second-order valence-electron chi connectivity index (χ2n) is 6.34. The van der Waals surface area contributed by atoms with E-state index in [2.05, 4.69) is 58.7 Å². The summed E-state index contributed by atoms with van der Waals surface area (Å²) in [5.41, 5.74) is 3.29. The quantitative estimate of drug-likeness (QED) is 0.803. The van der Waals surface area contributed by atoms with Crippen LogP contribution in [0.4, 0.5) is 10.5 Å². The first kappa shape index (κ1) is 16.1. The van der Waals surface area contributed by atoms with E-state index in [1.807, 2.05) is 29.2 Å². The molecular weight excluding hydrogens is 354 g/mol. The van der Waals surface area contributed by atoms with Gasteiger partial charge in [0.15, 0.2) is 0 Å². The number of carbonyl (C=O) groups excluding carboxylic acids is 1. The highest BCUT2D eigenvalue weighted by Crippen LogP contribution is 2.34. The third-order valence-corrected chi connectivity index (χ3v) is 5.14. The molecular formula is C18H22BrN3O. The monoisotopic (exact) mass is 375 g/mol. The van der Waals surface area contributed by atoms with Crippen molar-refractivity contribution in [1.29, 1.82) is 0 Å². The number of nitrogens with one attached hydrogen (secondary N) is 1. The molecule has 2 aromatic rings. The van der Waals surface area contributed by atoms with E-state index in [1.54, 1.807) is 0 Å². The van der Waals surface area contributed by atoms with Crippen LogP contribution in [0.25, 0.3) is 0 Å². The third kappa shape index (κ3) is 3.02. The number of amides is 2. The third-order valence-electron chi connectivity index (χ3n) is 4.44. The zero-order chi connectivity index (χ0) is 16.6. The van der Waals surface area contributed by atoms with Crippen molar-refractivity contribution in [2.24, 2.45) is 5.92 Å². The van der Waals surface area contributed by atoms with Crippen LogP contribution in [0.3, 0.4) is 0 Å². The topological polar surface area (TPSA) is 37.3 Å². The van der Waals surface area contributed by atoms with Gasteiger partial charge in [-0.1, -0.05) is 26.0 Å². The van der Waals surface area contributed by atoms with Gasteiger partial charge in [-0.25, -0.2) is 4.79 Å². The number of anilines is 1. The highest BCUT2D eigenvalue weighted by Gasteiger charge is 2.33. The standard InChI is InChI=1S/C18H22BrN3O/c1-12(2)17-16-9-8-13(3)21(16)10-11-22(17)18(23)20-15-7-5-4-6-14(15)19/h4-9,12,17H,10-11H2,1-3H3,(H,20,23). The maximum Gasteiger partial charge on any atom is 0.322 e. The zero-order valence-electron chi connectivity index (χ0n) is 13.7. The SMILES string of the molecule is Cc1ccc2n1CCN(C(=O)Nc1ccccc1Br)C2C(C)C. The summed E-state index contributed by atoms with van der Waals surface area (Å²) in [5.74, 6) is 0.355. The van der Waals surface area contributed by atoms with Gasteiger partial charge in [0.25, 0.3) is 0 Å². The van der Waals surface area contributed by atoms with Gasteiger partial charge >= 0.3 is 6.03 Å². The van der Waals surface area contributed by atoms with Crippen molar-refractivity contribution in [2.75, 3.05) is 11.9 Å². The number of benzene rings is 1. The Bertz CT molecular complexity index is 723. The van der Waals surface area contributed by atoms with Gasteiger partial charge in [-0.3, -0.25) is 0 Å². The zero-order valence-corrected chi connectivity index (χ0v) is 15.3. The van der Waals surface area contributed by atoms with Crippen LogP contribution in [-0.4, -0.2) is 22.0 Å². The molecule has 0 spiro atoms. The molecule has 0 bridgehead atoms. The Morgan fingerprint density at radius 2 is 1.96 bits per heavy atom. The van der Waals surface area contributed by atoms with E-state index in [4.69, 9.17) is 0 Å². The second-order valence-corrected chi connectivity index (χ2v) is 7.20. The summed E-state index contributed by atoms with van der Waals surface area (Å²) in [5, 5.41) is 3.03. The van der Waals surface area contributed by atoms with Crippen molar-refractivity contribution in [3.05, 3.63) is 52.3 Å². The minimum absolute atomic E-state index is 0.0410. The maximum absolute atomic E-state index is 12.8. The van der Waals surface area contributed by atoms with Gasteiger partial charge < -0.3 is 14.8 Å². The number of carbonyl (C=O) groups is 1. The molecule has 1 aromatic heterocycles. The lowest BCUT2D eigenvalue weighted by molar-refractivity contribution is 0.143. The van der Waals surface area contributed by atoms with Gasteiger partial charge in [-0.05, 0) is 53.0 Å². The Morgan fingerprint density at radius 3 is 2.65 bits per heavy atom. The number of halogens is 1. The van der Waals surface area contributed by atoms with Gasteiger partial charge in [-0.15, -0.1) is 0 Å². The van der Waals surface area contributed by atoms with E-state index >= 15 is 0 Å². The molecule has 0 saturated heterocycles. The van der Waals surface area contributed by atoms with Crippen LogP contribution in [0.1, 0.15) is 31.3 Å². The number of urea groups is 1. The van der Waals surface area contributed by atoms with Crippen molar-refractivity contribution in [1.82, 2.24) is 9.47 Å². The van der Waals surface area contributed by atoms with E-state index < -0.39 is 0 Å². The summed E-state index contributed by atoms with van der Waals surface area (Å²) in [6.07, 6.45) is 0. The first-order valence-corrected chi connectivity index (χ1v) is 8.76. The molecule has 3 rings (SSSR count). The first-order valence-electron chi connectivity index (χ1n) is 7.97. The van der Waals surface area contributed by atoms with E-state index in [0.717, 1.165) is 23.2 Å². The van der Waals surface area contributed by atoms with Crippen molar-refractivity contribution in [3.63, 3.8) is 0 Å². The molecule has 0 radical (unpaired) electrons. The van der Waals surface area contributed by atoms with E-state index in [0.29, 0.717) is 5.92 Å². The van der Waals surface area contributed by atoms with Crippen molar-refractivity contribution in [3.8, 4) is 0 Å². The number of rotatable bonds is 2. The number of hydrogen-bond acceptors (Lipinski definition) is 1. The van der Waals surface area contributed by atoms with Gasteiger partial charge in [0.2, 0.25) is 0 Å². The highest BCUT2D eigenvalue weighted by atomic mass is 79.9. The minimum Gasteiger partial charge on any atom is -0.345 e. The van der Waals surface area contributed by atoms with Gasteiger partial charge in [0.05, 0.1) is 11.7 Å². The highest BCUT2D eigenvalue weighted by molar-refractivity contribution is 9.10. The van der Waals surface area contributed by atoms with Crippen LogP contribution in [0.5, 0.6) is 0 Å².